The van der Waals surface area contributed by atoms with Gasteiger partial charge in [0.15, 0.2) is 5.65 Å². The van der Waals surface area contributed by atoms with Crippen LogP contribution in [0.15, 0.2) is 46.3 Å². The standard InChI is InChI=1S/C20H20N8O3/c29-10-15(11-4-2-1-3-5-11)23-18-25-16-12(8-14-17(30)26-20(31)24-14)9-21-28(16)19(27-18)22-13-6-7-13/h1-5,8-9,13,15,29-30H,6-7,10H2,(H,22,23,27)(H2,24,26,31)/t15-/m1/s1. The van der Waals surface area contributed by atoms with E-state index in [4.69, 9.17) is 0 Å². The van der Waals surface area contributed by atoms with E-state index in [1.165, 1.54) is 4.52 Å². The summed E-state index contributed by atoms with van der Waals surface area (Å²) >= 11 is 0. The molecule has 5 N–H and O–H groups in total. The fourth-order valence-electron chi connectivity index (χ4n) is 3.22. The fraction of sp³-hybridized carbons (Fsp3) is 0.250. The molecule has 1 aliphatic carbocycles. The monoisotopic (exact) mass is 420 g/mol. The molecule has 1 aliphatic rings. The van der Waals surface area contributed by atoms with Crippen molar-refractivity contribution >= 4 is 17.7 Å². The highest BCUT2D eigenvalue weighted by Crippen LogP contribution is 2.22. The number of H-pyrrole nitrogens is 2. The van der Waals surface area contributed by atoms with Gasteiger partial charge in [-0.25, -0.2) is 9.79 Å². The minimum atomic E-state index is -0.518. The zero-order valence-corrected chi connectivity index (χ0v) is 16.4. The van der Waals surface area contributed by atoms with Crippen LogP contribution < -0.4 is 21.8 Å². The Hall–Kier alpha value is -3.99. The number of aliphatic hydroxyl groups is 1. The fourth-order valence-corrected chi connectivity index (χ4v) is 3.22. The van der Waals surface area contributed by atoms with Crippen LogP contribution in [0.1, 0.15) is 30.1 Å². The van der Waals surface area contributed by atoms with Crippen molar-refractivity contribution in [3.05, 3.63) is 69.1 Å². The van der Waals surface area contributed by atoms with E-state index in [-0.39, 0.29) is 30.2 Å². The van der Waals surface area contributed by atoms with Gasteiger partial charge >= 0.3 is 5.69 Å². The summed E-state index contributed by atoms with van der Waals surface area (Å²) < 4.78 is 1.52. The summed E-state index contributed by atoms with van der Waals surface area (Å²) in [7, 11) is 0. The first-order valence-corrected chi connectivity index (χ1v) is 9.85. The summed E-state index contributed by atoms with van der Waals surface area (Å²) in [6, 6.07) is 9.31. The van der Waals surface area contributed by atoms with Crippen molar-refractivity contribution < 1.29 is 10.2 Å². The number of nitrogens with zero attached hydrogens (tertiary/aromatic N) is 5. The number of aromatic amines is 2. The van der Waals surface area contributed by atoms with Gasteiger partial charge in [0, 0.05) is 5.22 Å². The first kappa shape index (κ1) is 19.0. The minimum absolute atomic E-state index is 0.148. The third-order valence-corrected chi connectivity index (χ3v) is 4.95. The van der Waals surface area contributed by atoms with Crippen LogP contribution in [0.4, 0.5) is 5.95 Å². The van der Waals surface area contributed by atoms with E-state index >= 15 is 0 Å². The number of aromatic nitrogens is 6. The van der Waals surface area contributed by atoms with Crippen LogP contribution in [0.3, 0.4) is 0 Å². The lowest BCUT2D eigenvalue weighted by Gasteiger charge is -2.16. The molecule has 0 aliphatic heterocycles. The van der Waals surface area contributed by atoms with Crippen LogP contribution in [-0.2, 0) is 0 Å². The topological polar surface area (TPSA) is 157 Å². The molecule has 1 saturated carbocycles. The van der Waals surface area contributed by atoms with Crippen LogP contribution in [0.5, 0.6) is 5.88 Å². The van der Waals surface area contributed by atoms with Crippen LogP contribution in [-0.4, -0.2) is 52.4 Å². The van der Waals surface area contributed by atoms with E-state index in [0.717, 1.165) is 18.4 Å². The van der Waals surface area contributed by atoms with Gasteiger partial charge in [-0.2, -0.15) is 19.6 Å². The molecule has 0 spiro atoms. The second-order valence-corrected chi connectivity index (χ2v) is 7.32. The molecule has 0 bridgehead atoms. The normalized spacial score (nSPS) is 16.2. The lowest BCUT2D eigenvalue weighted by atomic mass is 10.1. The molecule has 5 rings (SSSR count). The van der Waals surface area contributed by atoms with E-state index in [9.17, 15) is 15.0 Å². The maximum atomic E-state index is 11.4. The van der Waals surface area contributed by atoms with Gasteiger partial charge < -0.3 is 20.5 Å². The average Bonchev–Trinajstić information content (AvgIpc) is 3.41. The second kappa shape index (κ2) is 7.69. The van der Waals surface area contributed by atoms with E-state index in [2.05, 4.69) is 35.3 Å². The Morgan fingerprint density at radius 2 is 2.06 bits per heavy atom. The maximum absolute atomic E-state index is 11.4. The smallest absolute Gasteiger partial charge is 0.326 e. The summed E-state index contributed by atoms with van der Waals surface area (Å²) in [4.78, 5) is 29.9. The molecule has 11 heteroatoms. The number of hydrogen-bond acceptors (Lipinski definition) is 8. The van der Waals surface area contributed by atoms with E-state index in [1.807, 2.05) is 30.3 Å². The number of benzene rings is 1. The second-order valence-electron chi connectivity index (χ2n) is 7.32. The van der Waals surface area contributed by atoms with Crippen molar-refractivity contribution in [3.8, 4) is 5.88 Å². The third kappa shape index (κ3) is 3.90. The lowest BCUT2D eigenvalue weighted by molar-refractivity contribution is 0.276. The highest BCUT2D eigenvalue weighted by atomic mass is 16.3. The number of hydrogen-bond donors (Lipinski definition) is 5. The van der Waals surface area contributed by atoms with Crippen LogP contribution >= 0.6 is 0 Å². The lowest BCUT2D eigenvalue weighted by Crippen LogP contribution is -2.26. The zero-order chi connectivity index (χ0) is 21.4. The van der Waals surface area contributed by atoms with E-state index in [0.29, 0.717) is 16.5 Å². The quantitative estimate of drug-likeness (QED) is 0.284. The number of aromatic hydroxyl groups is 1. The predicted octanol–water partition coefficient (Wildman–Crippen LogP) is -0.397. The molecule has 0 amide bonds. The van der Waals surface area contributed by atoms with Crippen LogP contribution in [0.2, 0.25) is 0 Å². The van der Waals surface area contributed by atoms with Gasteiger partial charge in [0.2, 0.25) is 11.8 Å². The number of nitrogens with one attached hydrogen (secondary N) is 3. The van der Waals surface area contributed by atoms with Gasteiger partial charge in [0.05, 0.1) is 24.9 Å². The molecule has 3 aromatic heterocycles. The molecule has 0 radical (unpaired) electrons. The zero-order valence-electron chi connectivity index (χ0n) is 16.4. The Kier molecular flexibility index (Phi) is 4.71. The molecule has 158 valence electrons. The van der Waals surface area contributed by atoms with Crippen molar-refractivity contribution in [1.29, 1.82) is 0 Å². The Morgan fingerprint density at radius 1 is 1.26 bits per heavy atom. The SMILES string of the molecule is O=c1[nH]c(O)c(C=c2cnn3c(=NC4CC4)nc(N[C@H](CO)c4ccccc4)nc23)[nH]1. The van der Waals surface area contributed by atoms with Gasteiger partial charge in [-0.3, -0.25) is 4.98 Å². The van der Waals surface area contributed by atoms with Gasteiger partial charge in [-0.15, -0.1) is 0 Å². The molecule has 3 heterocycles. The predicted molar refractivity (Wildman–Crippen MR) is 111 cm³/mol. The van der Waals surface area contributed by atoms with Gasteiger partial charge in [-0.05, 0) is 24.5 Å². The van der Waals surface area contributed by atoms with E-state index in [1.54, 1.807) is 12.3 Å². The number of imidazole rings is 1. The number of rotatable bonds is 6. The molecule has 1 atom stereocenters. The minimum Gasteiger partial charge on any atom is -0.493 e. The molecular weight excluding hydrogens is 400 g/mol. The van der Waals surface area contributed by atoms with Crippen molar-refractivity contribution in [2.24, 2.45) is 4.99 Å². The van der Waals surface area contributed by atoms with Crippen molar-refractivity contribution in [3.63, 3.8) is 0 Å². The molecule has 4 aromatic rings. The largest absolute Gasteiger partial charge is 0.493 e. The first-order valence-electron chi connectivity index (χ1n) is 9.85. The Bertz CT molecular complexity index is 1400. The highest BCUT2D eigenvalue weighted by Gasteiger charge is 2.21. The maximum Gasteiger partial charge on any atom is 0.326 e. The molecule has 31 heavy (non-hydrogen) atoms. The van der Waals surface area contributed by atoms with Gasteiger partial charge in [-0.1, -0.05) is 30.3 Å². The Labute approximate surface area is 174 Å². The number of fused-ring (bicyclic) bond motifs is 1. The third-order valence-electron chi connectivity index (χ3n) is 4.95. The molecule has 0 unspecified atom stereocenters. The van der Waals surface area contributed by atoms with Crippen molar-refractivity contribution in [1.82, 2.24) is 29.5 Å². The summed E-state index contributed by atoms with van der Waals surface area (Å²) in [6.45, 7) is -0.148. The summed E-state index contributed by atoms with van der Waals surface area (Å²) in [6.07, 6.45) is 5.12. The summed E-state index contributed by atoms with van der Waals surface area (Å²) in [5, 5.41) is 27.8. The number of anilines is 1. The molecule has 1 aromatic carbocycles. The summed E-state index contributed by atoms with van der Waals surface area (Å²) in [5.41, 5.74) is 1.43. The van der Waals surface area contributed by atoms with Crippen molar-refractivity contribution in [2.75, 3.05) is 11.9 Å². The van der Waals surface area contributed by atoms with Gasteiger partial charge in [0.25, 0.3) is 5.62 Å². The average molecular weight is 420 g/mol. The molecule has 11 nitrogen and oxygen atoms in total. The number of aliphatic hydroxyl groups excluding tert-OH is 1. The first-order chi connectivity index (χ1) is 15.1. The van der Waals surface area contributed by atoms with Crippen molar-refractivity contribution in [2.45, 2.75) is 24.9 Å². The molecule has 1 fully saturated rings. The Balaban J connectivity index is 1.64. The highest BCUT2D eigenvalue weighted by molar-refractivity contribution is 5.57. The summed E-state index contributed by atoms with van der Waals surface area (Å²) in [5.74, 6) is 0.0146. The van der Waals surface area contributed by atoms with Crippen LogP contribution in [0.25, 0.3) is 11.7 Å². The Morgan fingerprint density at radius 3 is 2.74 bits per heavy atom. The van der Waals surface area contributed by atoms with E-state index < -0.39 is 11.7 Å². The van der Waals surface area contributed by atoms with Crippen LogP contribution in [0, 0.1) is 0 Å². The van der Waals surface area contributed by atoms with Gasteiger partial charge in [0.1, 0.15) is 5.69 Å². The molecule has 0 saturated heterocycles. The molecular formula is C20H20N8O3.